The van der Waals surface area contributed by atoms with Crippen LogP contribution in [0.15, 0.2) is 79.0 Å². The summed E-state index contributed by atoms with van der Waals surface area (Å²) in [5, 5.41) is 7.59. The van der Waals surface area contributed by atoms with Crippen molar-refractivity contribution in [2.75, 3.05) is 19.6 Å². The molecule has 0 radical (unpaired) electrons. The van der Waals surface area contributed by atoms with E-state index in [4.69, 9.17) is 9.97 Å². The molecule has 0 amide bonds. The molecule has 1 aromatic carbocycles. The molecule has 1 fully saturated rings. The monoisotopic (exact) mass is 505 g/mol. The summed E-state index contributed by atoms with van der Waals surface area (Å²) in [6, 6.07) is 12.3. The van der Waals surface area contributed by atoms with Crippen molar-refractivity contribution in [3.05, 3.63) is 90.6 Å². The van der Waals surface area contributed by atoms with Gasteiger partial charge in [-0.15, -0.1) is 0 Å². The first-order valence-corrected chi connectivity index (χ1v) is 12.8. The molecule has 4 aromatic heterocycles. The summed E-state index contributed by atoms with van der Waals surface area (Å²) < 4.78 is 13.9. The van der Waals surface area contributed by atoms with E-state index in [1.807, 2.05) is 37.3 Å². The average Bonchev–Trinajstić information content (AvgIpc) is 3.70. The number of allylic oxidation sites excluding steroid dienone is 3. The number of likely N-dealkylation sites (tertiary alicyclic amines) is 1. The van der Waals surface area contributed by atoms with E-state index in [0.717, 1.165) is 53.1 Å². The second-order valence-electron chi connectivity index (χ2n) is 9.47. The molecule has 2 N–H and O–H groups in total. The number of nitrogens with zero attached hydrogens (tertiary/aromatic N) is 5. The van der Waals surface area contributed by atoms with E-state index in [0.29, 0.717) is 22.7 Å². The third-order valence-electron chi connectivity index (χ3n) is 6.97. The Morgan fingerprint density at radius 2 is 2.00 bits per heavy atom. The van der Waals surface area contributed by atoms with Crippen molar-refractivity contribution in [1.82, 2.24) is 35.0 Å². The van der Waals surface area contributed by atoms with Crippen molar-refractivity contribution in [2.45, 2.75) is 19.8 Å². The van der Waals surface area contributed by atoms with Gasteiger partial charge < -0.3 is 4.98 Å². The summed E-state index contributed by atoms with van der Waals surface area (Å²) in [5.74, 6) is 0.252. The average molecular weight is 506 g/mol. The van der Waals surface area contributed by atoms with Crippen LogP contribution in [0.25, 0.3) is 50.4 Å². The van der Waals surface area contributed by atoms with E-state index >= 15 is 0 Å². The number of aromatic amines is 2. The van der Waals surface area contributed by atoms with Gasteiger partial charge in [0.2, 0.25) is 0 Å². The number of rotatable bonds is 7. The lowest BCUT2D eigenvalue weighted by Crippen LogP contribution is -2.21. The zero-order chi connectivity index (χ0) is 26.1. The molecule has 1 aliphatic rings. The largest absolute Gasteiger partial charge is 0.335 e. The minimum atomic E-state index is -0.295. The molecule has 0 unspecified atom stereocenters. The Balaban J connectivity index is 1.39. The second-order valence-corrected chi connectivity index (χ2v) is 9.47. The van der Waals surface area contributed by atoms with Crippen molar-refractivity contribution in [1.29, 1.82) is 0 Å². The molecule has 0 spiro atoms. The highest BCUT2D eigenvalue weighted by molar-refractivity contribution is 5.95. The molecule has 0 bridgehead atoms. The van der Waals surface area contributed by atoms with Gasteiger partial charge in [-0.2, -0.15) is 5.10 Å². The standard InChI is InChI=1S/C30H28FN7/c1-3-19(18-38-14-5-6-15-38)16-20(4-2)24-10-11-25-27(33-24)28(37-36-25)30-34-26-23(12-13-32-29(26)35-30)21-8-7-9-22(31)17-21/h3-4,7-13,16-17H,1,5-6,14-15,18H2,2H3,(H,36,37)(H,32,34,35)/b19-16+,20-4+. The predicted molar refractivity (Wildman–Crippen MR) is 150 cm³/mol. The highest BCUT2D eigenvalue weighted by atomic mass is 19.1. The summed E-state index contributed by atoms with van der Waals surface area (Å²) in [5.41, 5.74) is 7.97. The summed E-state index contributed by atoms with van der Waals surface area (Å²) in [6.45, 7) is 9.21. The van der Waals surface area contributed by atoms with E-state index in [9.17, 15) is 4.39 Å². The summed E-state index contributed by atoms with van der Waals surface area (Å²) >= 11 is 0. The molecule has 1 saturated heterocycles. The van der Waals surface area contributed by atoms with Gasteiger partial charge in [0, 0.05) is 18.3 Å². The maximum Gasteiger partial charge on any atom is 0.178 e. The van der Waals surface area contributed by atoms with E-state index in [1.165, 1.54) is 30.5 Å². The fourth-order valence-electron chi connectivity index (χ4n) is 5.02. The predicted octanol–water partition coefficient (Wildman–Crippen LogP) is 6.31. The molecule has 1 aliphatic heterocycles. The smallest absolute Gasteiger partial charge is 0.178 e. The van der Waals surface area contributed by atoms with Gasteiger partial charge in [-0.3, -0.25) is 10.00 Å². The Hall–Kier alpha value is -4.43. The Morgan fingerprint density at radius 3 is 2.79 bits per heavy atom. The molecule has 0 atom stereocenters. The highest BCUT2D eigenvalue weighted by Gasteiger charge is 2.18. The van der Waals surface area contributed by atoms with Gasteiger partial charge in [-0.1, -0.05) is 30.9 Å². The molecule has 38 heavy (non-hydrogen) atoms. The first-order valence-electron chi connectivity index (χ1n) is 12.8. The van der Waals surface area contributed by atoms with Crippen LogP contribution < -0.4 is 0 Å². The quantitative estimate of drug-likeness (QED) is 0.253. The molecule has 190 valence electrons. The van der Waals surface area contributed by atoms with Crippen LogP contribution in [0.5, 0.6) is 0 Å². The number of benzene rings is 1. The summed E-state index contributed by atoms with van der Waals surface area (Å²) in [4.78, 5) is 19.9. The molecule has 5 aromatic rings. The van der Waals surface area contributed by atoms with E-state index < -0.39 is 0 Å². The van der Waals surface area contributed by atoms with Gasteiger partial charge in [0.25, 0.3) is 0 Å². The third-order valence-corrected chi connectivity index (χ3v) is 6.97. The fraction of sp³-hybridized carbons (Fsp3) is 0.200. The molecule has 5 heterocycles. The Bertz CT molecular complexity index is 1700. The maximum atomic E-state index is 13.9. The van der Waals surface area contributed by atoms with Gasteiger partial charge in [-0.05, 0) is 86.0 Å². The summed E-state index contributed by atoms with van der Waals surface area (Å²) in [7, 11) is 0. The molecular formula is C30H28FN7. The lowest BCUT2D eigenvalue weighted by atomic mass is 10.1. The van der Waals surface area contributed by atoms with Crippen molar-refractivity contribution >= 4 is 27.8 Å². The van der Waals surface area contributed by atoms with Crippen LogP contribution in [-0.4, -0.2) is 54.7 Å². The first kappa shape index (κ1) is 23.9. The lowest BCUT2D eigenvalue weighted by molar-refractivity contribution is 0.371. The molecule has 0 saturated carbocycles. The van der Waals surface area contributed by atoms with Crippen LogP contribution in [0, 0.1) is 5.82 Å². The molecular weight excluding hydrogens is 477 g/mol. The van der Waals surface area contributed by atoms with Crippen LogP contribution in [0.3, 0.4) is 0 Å². The highest BCUT2D eigenvalue weighted by Crippen LogP contribution is 2.31. The number of hydrogen-bond acceptors (Lipinski definition) is 5. The van der Waals surface area contributed by atoms with Crippen LogP contribution in [0.2, 0.25) is 0 Å². The van der Waals surface area contributed by atoms with Crippen LogP contribution in [0.4, 0.5) is 4.39 Å². The van der Waals surface area contributed by atoms with Gasteiger partial charge in [0.1, 0.15) is 11.3 Å². The maximum absolute atomic E-state index is 13.9. The minimum absolute atomic E-state index is 0.295. The van der Waals surface area contributed by atoms with Crippen LogP contribution in [0.1, 0.15) is 25.5 Å². The molecule has 8 heteroatoms. The number of aromatic nitrogens is 6. The van der Waals surface area contributed by atoms with Crippen molar-refractivity contribution < 1.29 is 4.39 Å². The van der Waals surface area contributed by atoms with E-state index in [-0.39, 0.29) is 5.82 Å². The van der Waals surface area contributed by atoms with Crippen molar-refractivity contribution in [3.8, 4) is 22.6 Å². The third kappa shape index (κ3) is 4.54. The fourth-order valence-corrected chi connectivity index (χ4v) is 5.02. The van der Waals surface area contributed by atoms with E-state index in [2.05, 4.69) is 43.8 Å². The van der Waals surface area contributed by atoms with Gasteiger partial charge in [0.05, 0.1) is 16.7 Å². The van der Waals surface area contributed by atoms with Gasteiger partial charge in [-0.25, -0.2) is 19.3 Å². The Morgan fingerprint density at radius 1 is 1.13 bits per heavy atom. The number of nitrogens with one attached hydrogen (secondary N) is 2. The number of hydrogen-bond donors (Lipinski definition) is 2. The zero-order valence-electron chi connectivity index (χ0n) is 21.2. The zero-order valence-corrected chi connectivity index (χ0v) is 21.2. The number of pyridine rings is 2. The number of halogens is 1. The normalized spacial score (nSPS) is 15.1. The second kappa shape index (κ2) is 10.1. The lowest BCUT2D eigenvalue weighted by Gasteiger charge is -2.15. The minimum Gasteiger partial charge on any atom is -0.335 e. The Kier molecular flexibility index (Phi) is 6.39. The molecule has 7 nitrogen and oxygen atoms in total. The van der Waals surface area contributed by atoms with Crippen molar-refractivity contribution in [3.63, 3.8) is 0 Å². The summed E-state index contributed by atoms with van der Waals surface area (Å²) in [6.07, 6.45) is 10.3. The molecule has 0 aliphatic carbocycles. The van der Waals surface area contributed by atoms with Crippen molar-refractivity contribution in [2.24, 2.45) is 0 Å². The van der Waals surface area contributed by atoms with Gasteiger partial charge in [0.15, 0.2) is 17.2 Å². The number of imidazole rings is 1. The SMILES string of the molecule is C=C/C(=C\C(=C/C)c1ccc2[nH]nc(-c3nc4nccc(-c5cccc(F)c5)c4[nH]3)c2n1)CN1CCCC1. The topological polar surface area (TPSA) is 86.4 Å². The van der Waals surface area contributed by atoms with Crippen LogP contribution in [-0.2, 0) is 0 Å². The number of H-pyrrole nitrogens is 2. The Labute approximate surface area is 219 Å². The van der Waals surface area contributed by atoms with E-state index in [1.54, 1.807) is 12.3 Å². The first-order chi connectivity index (χ1) is 18.6. The van der Waals surface area contributed by atoms with Crippen LogP contribution >= 0.6 is 0 Å². The number of fused-ring (bicyclic) bond motifs is 2. The van der Waals surface area contributed by atoms with Gasteiger partial charge >= 0.3 is 0 Å². The molecule has 6 rings (SSSR count).